The number of hydrogen-bond donors (Lipinski definition) is 3. The average Bonchev–Trinajstić information content (AvgIpc) is 3.98. The Morgan fingerprint density at radius 1 is 0.754 bits per heavy atom. The number of nitrogens with one attached hydrogen (secondary N) is 3. The number of amides is 4. The van der Waals surface area contributed by atoms with Crippen LogP contribution in [0.15, 0.2) is 72.9 Å². The molecule has 1 saturated carbocycles. The van der Waals surface area contributed by atoms with E-state index in [1.165, 1.54) is 24.6 Å². The maximum absolute atomic E-state index is 15.4. The molecule has 0 radical (unpaired) electrons. The van der Waals surface area contributed by atoms with Crippen LogP contribution in [0.25, 0.3) is 11.2 Å². The monoisotopic (exact) mass is 825 g/mol. The van der Waals surface area contributed by atoms with Crippen molar-refractivity contribution in [3.63, 3.8) is 0 Å². The van der Waals surface area contributed by atoms with E-state index in [1.807, 2.05) is 30.3 Å². The minimum Gasteiger partial charge on any atom is -0.371 e. The van der Waals surface area contributed by atoms with Crippen LogP contribution in [0, 0.1) is 5.82 Å². The highest BCUT2D eigenvalue weighted by molar-refractivity contribution is 6.23. The van der Waals surface area contributed by atoms with Gasteiger partial charge >= 0.3 is 0 Å². The molecule has 5 aliphatic rings. The van der Waals surface area contributed by atoms with Gasteiger partial charge in [0, 0.05) is 81.4 Å². The van der Waals surface area contributed by atoms with Crippen molar-refractivity contribution in [1.29, 1.82) is 0 Å². The molecule has 3 N–H and O–H groups in total. The van der Waals surface area contributed by atoms with E-state index in [-0.39, 0.29) is 24.0 Å². The Morgan fingerprint density at radius 2 is 1.49 bits per heavy atom. The SMILES string of the molecule is O=C1CCC(N2C(=O)c3cc(CN4CCN(C5CCN(c6ccc(Nc7ncc8nc(Nc9ccccc9)n(C9CCCC9)c8n7)cc6)CC5)CC4)cc(F)c3C2=O)C(=O)N1. The standard InChI is InChI=1S/C45H48FN11O4/c46-35-25-28(24-34-39(35)43(61)57(42(34)60)37-14-15-38(58)51-41(37)59)27-53-20-22-55(23-21-53)32-16-18-54(19-17-32)31-12-10-30(11-13-31)48-44-47-26-36-40(52-44)56(33-8-4-5-9-33)45(50-36)49-29-6-2-1-3-7-29/h1-3,6-7,10-13,24-26,32-33,37H,4-5,8-9,14-23,27H2,(H,49,50)(H,47,48,52)(H,51,58,59). The quantitative estimate of drug-likeness (QED) is 0.147. The smallest absolute Gasteiger partial charge is 0.265 e. The third-order valence-electron chi connectivity index (χ3n) is 13.0. The maximum atomic E-state index is 15.4. The number of rotatable bonds is 10. The fourth-order valence-electron chi connectivity index (χ4n) is 9.81. The van der Waals surface area contributed by atoms with E-state index < -0.39 is 35.5 Å². The number of benzene rings is 3. The molecule has 61 heavy (non-hydrogen) atoms. The molecule has 5 aromatic rings. The first kappa shape index (κ1) is 38.9. The third kappa shape index (κ3) is 7.69. The maximum Gasteiger partial charge on any atom is 0.265 e. The number of piperazine rings is 1. The Hall–Kier alpha value is -6.26. The second-order valence-electron chi connectivity index (χ2n) is 16.8. The van der Waals surface area contributed by atoms with Crippen LogP contribution in [-0.2, 0) is 16.1 Å². The van der Waals surface area contributed by atoms with Gasteiger partial charge in [0.15, 0.2) is 5.65 Å². The molecule has 1 unspecified atom stereocenters. The fraction of sp³-hybridized carbons (Fsp3) is 0.400. The van der Waals surface area contributed by atoms with Gasteiger partial charge in [0.25, 0.3) is 11.8 Å². The number of hydrogen-bond acceptors (Lipinski definition) is 12. The van der Waals surface area contributed by atoms with Crippen molar-refractivity contribution < 1.29 is 23.6 Å². The Kier molecular flexibility index (Phi) is 10.4. The van der Waals surface area contributed by atoms with Crippen molar-refractivity contribution in [1.82, 2.24) is 39.5 Å². The van der Waals surface area contributed by atoms with Gasteiger partial charge in [-0.25, -0.2) is 14.4 Å². The van der Waals surface area contributed by atoms with Crippen LogP contribution in [0.1, 0.15) is 83.7 Å². The van der Waals surface area contributed by atoms with Gasteiger partial charge in [-0.3, -0.25) is 43.8 Å². The molecule has 4 fully saturated rings. The summed E-state index contributed by atoms with van der Waals surface area (Å²) >= 11 is 0. The van der Waals surface area contributed by atoms with Crippen LogP contribution in [0.5, 0.6) is 0 Å². The summed E-state index contributed by atoms with van der Waals surface area (Å²) in [5.74, 6) is -2.13. The largest absolute Gasteiger partial charge is 0.371 e. The predicted molar refractivity (Wildman–Crippen MR) is 227 cm³/mol. The summed E-state index contributed by atoms with van der Waals surface area (Å²) in [6.45, 7) is 5.73. The van der Waals surface area contributed by atoms with Gasteiger partial charge in [-0.05, 0) is 86.2 Å². The number of carbonyl (C=O) groups is 4. The molecule has 0 bridgehead atoms. The number of piperidine rings is 2. The molecule has 10 rings (SSSR count). The lowest BCUT2D eigenvalue weighted by Gasteiger charge is -2.43. The van der Waals surface area contributed by atoms with Gasteiger partial charge < -0.3 is 15.5 Å². The summed E-state index contributed by atoms with van der Waals surface area (Å²) in [5.41, 5.74) is 4.96. The molecule has 4 amide bonds. The first-order valence-electron chi connectivity index (χ1n) is 21.5. The first-order valence-corrected chi connectivity index (χ1v) is 21.5. The zero-order valence-corrected chi connectivity index (χ0v) is 33.9. The normalized spacial score (nSPS) is 20.8. The second-order valence-corrected chi connectivity index (χ2v) is 16.8. The number of aromatic nitrogens is 4. The molecule has 4 aliphatic heterocycles. The molecule has 3 saturated heterocycles. The van der Waals surface area contributed by atoms with E-state index in [1.54, 1.807) is 12.3 Å². The van der Waals surface area contributed by atoms with Gasteiger partial charge in [0.2, 0.25) is 23.7 Å². The molecular formula is C45H48FN11O4. The van der Waals surface area contributed by atoms with Crippen molar-refractivity contribution >= 4 is 63.8 Å². The zero-order valence-electron chi connectivity index (χ0n) is 33.9. The van der Waals surface area contributed by atoms with E-state index >= 15 is 4.39 Å². The number of imidazole rings is 1. The van der Waals surface area contributed by atoms with Crippen LogP contribution in [0.4, 0.5) is 33.3 Å². The van der Waals surface area contributed by atoms with Crippen LogP contribution in [0.3, 0.4) is 0 Å². The molecule has 314 valence electrons. The highest BCUT2D eigenvalue weighted by Crippen LogP contribution is 2.36. The van der Waals surface area contributed by atoms with Crippen molar-refractivity contribution in [2.45, 2.75) is 76.0 Å². The molecule has 1 aliphatic carbocycles. The van der Waals surface area contributed by atoms with Crippen molar-refractivity contribution in [3.05, 3.63) is 95.4 Å². The Morgan fingerprint density at radius 3 is 2.23 bits per heavy atom. The van der Waals surface area contributed by atoms with E-state index in [9.17, 15) is 19.2 Å². The lowest BCUT2D eigenvalue weighted by Crippen LogP contribution is -2.54. The highest BCUT2D eigenvalue weighted by Gasteiger charge is 2.46. The van der Waals surface area contributed by atoms with Crippen LogP contribution >= 0.6 is 0 Å². The summed E-state index contributed by atoms with van der Waals surface area (Å²) in [7, 11) is 0. The second kappa shape index (κ2) is 16.3. The molecule has 1 atom stereocenters. The van der Waals surface area contributed by atoms with E-state index in [4.69, 9.17) is 9.97 Å². The molecule has 2 aromatic heterocycles. The van der Waals surface area contributed by atoms with Gasteiger partial charge in [-0.1, -0.05) is 31.0 Å². The van der Waals surface area contributed by atoms with Crippen molar-refractivity contribution in [2.75, 3.05) is 54.8 Å². The summed E-state index contributed by atoms with van der Waals surface area (Å²) in [6, 6.07) is 21.2. The van der Waals surface area contributed by atoms with Gasteiger partial charge in [-0.2, -0.15) is 4.98 Å². The van der Waals surface area contributed by atoms with Gasteiger partial charge in [0.05, 0.1) is 17.3 Å². The molecule has 3 aromatic carbocycles. The Labute approximate surface area is 352 Å². The predicted octanol–water partition coefficient (Wildman–Crippen LogP) is 5.76. The number of para-hydroxylation sites is 1. The van der Waals surface area contributed by atoms with E-state index in [2.05, 4.69) is 64.5 Å². The number of halogens is 1. The lowest BCUT2D eigenvalue weighted by atomic mass is 10.0. The molecule has 6 heterocycles. The van der Waals surface area contributed by atoms with E-state index in [0.29, 0.717) is 30.1 Å². The van der Waals surface area contributed by atoms with Crippen molar-refractivity contribution in [3.8, 4) is 0 Å². The number of imide groups is 2. The van der Waals surface area contributed by atoms with Crippen molar-refractivity contribution in [2.24, 2.45) is 0 Å². The van der Waals surface area contributed by atoms with Crippen LogP contribution in [0.2, 0.25) is 0 Å². The molecular weight excluding hydrogens is 778 g/mol. The zero-order chi connectivity index (χ0) is 41.6. The topological polar surface area (TPSA) is 161 Å². The van der Waals surface area contributed by atoms with Crippen LogP contribution < -0.4 is 20.9 Å². The molecule has 0 spiro atoms. The third-order valence-corrected chi connectivity index (χ3v) is 13.0. The number of carbonyl (C=O) groups excluding carboxylic acids is 4. The Balaban J connectivity index is 0.721. The number of nitrogens with zero attached hydrogens (tertiary/aromatic N) is 8. The summed E-state index contributed by atoms with van der Waals surface area (Å²) in [4.78, 5) is 73.0. The number of fused-ring (bicyclic) bond motifs is 2. The minimum atomic E-state index is -1.13. The first-order chi connectivity index (χ1) is 29.8. The molecule has 15 nitrogen and oxygen atoms in total. The van der Waals surface area contributed by atoms with Crippen LogP contribution in [-0.4, -0.2) is 109 Å². The summed E-state index contributed by atoms with van der Waals surface area (Å²) in [6.07, 6.45) is 8.55. The van der Waals surface area contributed by atoms with Gasteiger partial charge in [0.1, 0.15) is 17.4 Å². The average molecular weight is 826 g/mol. The van der Waals surface area contributed by atoms with Gasteiger partial charge in [-0.15, -0.1) is 0 Å². The summed E-state index contributed by atoms with van der Waals surface area (Å²) in [5, 5.41) is 9.11. The Bertz CT molecular complexity index is 2490. The summed E-state index contributed by atoms with van der Waals surface area (Å²) < 4.78 is 17.6. The number of anilines is 5. The lowest BCUT2D eigenvalue weighted by molar-refractivity contribution is -0.136. The fourth-order valence-corrected chi connectivity index (χ4v) is 9.81. The molecule has 16 heteroatoms. The van der Waals surface area contributed by atoms with E-state index in [0.717, 1.165) is 98.3 Å². The minimum absolute atomic E-state index is 0.00842. The highest BCUT2D eigenvalue weighted by atomic mass is 19.1.